The normalized spacial score (nSPS) is 17.2. The zero-order valence-electron chi connectivity index (χ0n) is 18.6. The molecule has 2 atom stereocenters. The zero-order chi connectivity index (χ0) is 22.7. The number of aliphatic hydroxyl groups excluding tert-OH is 1. The highest BCUT2D eigenvalue weighted by Crippen LogP contribution is 2.31. The van der Waals surface area contributed by atoms with Crippen LogP contribution in [0.15, 0.2) is 30.5 Å². The molecule has 0 saturated carbocycles. The molecule has 3 heterocycles. The summed E-state index contributed by atoms with van der Waals surface area (Å²) in [4.78, 5) is 4.92. The van der Waals surface area contributed by atoms with E-state index in [-0.39, 0.29) is 18.6 Å². The summed E-state index contributed by atoms with van der Waals surface area (Å²) >= 11 is 6.40. The minimum absolute atomic E-state index is 0.168. The minimum atomic E-state index is -0.610. The quantitative estimate of drug-likeness (QED) is 0.452. The van der Waals surface area contributed by atoms with Gasteiger partial charge in [0.15, 0.2) is 5.65 Å². The standard InChI is InChI=1S/C23H30ClN5O3/c1-14(2)20-11-26-29-22(27-17-4-5-31-12-17)9-21(28-23(20)29)15-6-16(24)8-19(7-15)32-13-18(30)10-25-3/h6-9,11,14,17-18,25,27,30H,4-5,10,12-13H2,1-3H3/t17-,18?/m1/s1. The van der Waals surface area contributed by atoms with E-state index in [9.17, 15) is 5.11 Å². The fourth-order valence-corrected chi connectivity index (χ4v) is 4.00. The molecule has 4 rings (SSSR count). The summed E-state index contributed by atoms with van der Waals surface area (Å²) < 4.78 is 13.2. The monoisotopic (exact) mass is 459 g/mol. The highest BCUT2D eigenvalue weighted by atomic mass is 35.5. The molecular weight excluding hydrogens is 430 g/mol. The number of benzene rings is 1. The van der Waals surface area contributed by atoms with E-state index >= 15 is 0 Å². The number of nitrogens with zero attached hydrogens (tertiary/aromatic N) is 3. The lowest BCUT2D eigenvalue weighted by atomic mass is 10.1. The van der Waals surface area contributed by atoms with E-state index in [1.54, 1.807) is 13.1 Å². The second-order valence-corrected chi connectivity index (χ2v) is 8.86. The Bertz CT molecular complexity index is 1070. The van der Waals surface area contributed by atoms with Crippen LogP contribution in [0, 0.1) is 0 Å². The summed E-state index contributed by atoms with van der Waals surface area (Å²) in [6.07, 6.45) is 2.21. The van der Waals surface area contributed by atoms with Crippen LogP contribution in [0.1, 0.15) is 31.7 Å². The van der Waals surface area contributed by atoms with Gasteiger partial charge in [-0.2, -0.15) is 9.61 Å². The fraction of sp³-hybridized carbons (Fsp3) is 0.478. The van der Waals surface area contributed by atoms with E-state index in [1.807, 2.05) is 28.9 Å². The third-order valence-electron chi connectivity index (χ3n) is 5.45. The zero-order valence-corrected chi connectivity index (χ0v) is 19.4. The minimum Gasteiger partial charge on any atom is -0.491 e. The maximum atomic E-state index is 9.95. The predicted molar refractivity (Wildman–Crippen MR) is 126 cm³/mol. The van der Waals surface area contributed by atoms with Crippen molar-refractivity contribution in [3.05, 3.63) is 41.0 Å². The third-order valence-corrected chi connectivity index (χ3v) is 5.67. The Morgan fingerprint density at radius 3 is 2.88 bits per heavy atom. The number of fused-ring (bicyclic) bond motifs is 1. The smallest absolute Gasteiger partial charge is 0.161 e. The molecule has 1 unspecified atom stereocenters. The molecular formula is C23H30ClN5O3. The van der Waals surface area contributed by atoms with Crippen LogP contribution in [-0.4, -0.2) is 65.3 Å². The van der Waals surface area contributed by atoms with Gasteiger partial charge in [0.1, 0.15) is 24.3 Å². The molecule has 1 saturated heterocycles. The lowest BCUT2D eigenvalue weighted by molar-refractivity contribution is 0.108. The van der Waals surface area contributed by atoms with E-state index in [4.69, 9.17) is 26.1 Å². The topological polar surface area (TPSA) is 92.9 Å². The first-order valence-corrected chi connectivity index (χ1v) is 11.3. The molecule has 1 aliphatic heterocycles. The number of aromatic nitrogens is 3. The van der Waals surface area contributed by atoms with Crippen LogP contribution in [-0.2, 0) is 4.74 Å². The van der Waals surface area contributed by atoms with Crippen LogP contribution in [0.3, 0.4) is 0 Å². The van der Waals surface area contributed by atoms with Crippen molar-refractivity contribution in [1.29, 1.82) is 0 Å². The molecule has 2 aromatic heterocycles. The number of hydrogen-bond donors (Lipinski definition) is 3. The van der Waals surface area contributed by atoms with E-state index in [0.717, 1.165) is 41.3 Å². The molecule has 8 nitrogen and oxygen atoms in total. The number of likely N-dealkylation sites (N-methyl/N-ethyl adjacent to an activating group) is 1. The van der Waals surface area contributed by atoms with Gasteiger partial charge in [-0.3, -0.25) is 0 Å². The Kier molecular flexibility index (Phi) is 7.15. The van der Waals surface area contributed by atoms with Crippen molar-refractivity contribution in [2.75, 3.05) is 38.7 Å². The van der Waals surface area contributed by atoms with Gasteiger partial charge < -0.3 is 25.2 Å². The summed E-state index contributed by atoms with van der Waals surface area (Å²) in [5.41, 5.74) is 3.49. The Balaban J connectivity index is 1.72. The first-order valence-electron chi connectivity index (χ1n) is 10.9. The van der Waals surface area contributed by atoms with E-state index in [1.165, 1.54) is 0 Å². The first-order chi connectivity index (χ1) is 15.4. The molecule has 0 radical (unpaired) electrons. The Labute approximate surface area is 192 Å². The van der Waals surface area contributed by atoms with Crippen molar-refractivity contribution in [3.8, 4) is 17.0 Å². The Hall–Kier alpha value is -2.39. The maximum Gasteiger partial charge on any atom is 0.161 e. The molecule has 0 spiro atoms. The van der Waals surface area contributed by atoms with E-state index < -0.39 is 6.10 Å². The summed E-state index contributed by atoms with van der Waals surface area (Å²) in [6.45, 7) is 6.30. The van der Waals surface area contributed by atoms with Gasteiger partial charge >= 0.3 is 0 Å². The van der Waals surface area contributed by atoms with Crippen molar-refractivity contribution < 1.29 is 14.6 Å². The second-order valence-electron chi connectivity index (χ2n) is 8.42. The SMILES string of the molecule is CNCC(O)COc1cc(Cl)cc(-c2cc(N[C@@H]3CCOC3)n3ncc(C(C)C)c3n2)c1. The number of ether oxygens (including phenoxy) is 2. The first kappa shape index (κ1) is 22.8. The number of nitrogens with one attached hydrogen (secondary N) is 2. The van der Waals surface area contributed by atoms with Crippen LogP contribution < -0.4 is 15.4 Å². The maximum absolute atomic E-state index is 9.95. The highest BCUT2D eigenvalue weighted by Gasteiger charge is 2.20. The van der Waals surface area contributed by atoms with Gasteiger partial charge in [0.2, 0.25) is 0 Å². The van der Waals surface area contributed by atoms with Crippen molar-refractivity contribution >= 4 is 23.1 Å². The van der Waals surface area contributed by atoms with E-state index in [2.05, 4.69) is 29.6 Å². The van der Waals surface area contributed by atoms with Crippen molar-refractivity contribution in [3.63, 3.8) is 0 Å². The molecule has 1 aliphatic rings. The number of halogens is 1. The van der Waals surface area contributed by atoms with Crippen LogP contribution in [0.2, 0.25) is 5.02 Å². The number of rotatable bonds is 9. The second kappa shape index (κ2) is 10.0. The molecule has 0 amide bonds. The Morgan fingerprint density at radius 2 is 2.16 bits per heavy atom. The molecule has 1 fully saturated rings. The fourth-order valence-electron chi connectivity index (χ4n) is 3.78. The third kappa shape index (κ3) is 5.15. The van der Waals surface area contributed by atoms with Gasteiger partial charge in [0, 0.05) is 35.4 Å². The predicted octanol–water partition coefficient (Wildman–Crippen LogP) is 3.33. The van der Waals surface area contributed by atoms with Gasteiger partial charge in [-0.05, 0) is 37.6 Å². The molecule has 9 heteroatoms. The molecule has 0 bridgehead atoms. The molecule has 32 heavy (non-hydrogen) atoms. The van der Waals surface area contributed by atoms with Gasteiger partial charge in [0.25, 0.3) is 0 Å². The van der Waals surface area contributed by atoms with Crippen molar-refractivity contribution in [2.45, 2.75) is 38.3 Å². The van der Waals surface area contributed by atoms with Crippen LogP contribution in [0.5, 0.6) is 5.75 Å². The van der Waals surface area contributed by atoms with Gasteiger partial charge in [-0.1, -0.05) is 25.4 Å². The van der Waals surface area contributed by atoms with Crippen LogP contribution in [0.25, 0.3) is 16.9 Å². The molecule has 3 aromatic rings. The highest BCUT2D eigenvalue weighted by molar-refractivity contribution is 6.31. The molecule has 0 aliphatic carbocycles. The van der Waals surface area contributed by atoms with Crippen LogP contribution >= 0.6 is 11.6 Å². The number of hydrogen-bond acceptors (Lipinski definition) is 7. The summed E-state index contributed by atoms with van der Waals surface area (Å²) in [7, 11) is 1.79. The number of anilines is 1. The van der Waals surface area contributed by atoms with Gasteiger partial charge in [-0.25, -0.2) is 4.98 Å². The number of aliphatic hydroxyl groups is 1. The van der Waals surface area contributed by atoms with Gasteiger partial charge in [0.05, 0.1) is 24.5 Å². The summed E-state index contributed by atoms with van der Waals surface area (Å²) in [5.74, 6) is 1.73. The van der Waals surface area contributed by atoms with Crippen molar-refractivity contribution in [1.82, 2.24) is 19.9 Å². The average Bonchev–Trinajstić information content (AvgIpc) is 3.42. The largest absolute Gasteiger partial charge is 0.491 e. The van der Waals surface area contributed by atoms with E-state index in [0.29, 0.717) is 23.9 Å². The van der Waals surface area contributed by atoms with Crippen molar-refractivity contribution in [2.24, 2.45) is 0 Å². The summed E-state index contributed by atoms with van der Waals surface area (Å²) in [5, 5.41) is 21.6. The van der Waals surface area contributed by atoms with Crippen LogP contribution in [0.4, 0.5) is 5.82 Å². The molecule has 3 N–H and O–H groups in total. The average molecular weight is 460 g/mol. The molecule has 172 valence electrons. The Morgan fingerprint density at radius 1 is 1.31 bits per heavy atom. The lowest BCUT2D eigenvalue weighted by Crippen LogP contribution is -2.29. The summed E-state index contributed by atoms with van der Waals surface area (Å²) in [6, 6.07) is 7.71. The molecule has 1 aromatic carbocycles. The lowest BCUT2D eigenvalue weighted by Gasteiger charge is -2.16. The van der Waals surface area contributed by atoms with Gasteiger partial charge in [-0.15, -0.1) is 0 Å².